The molecule has 4 N–H and O–H groups in total. The van der Waals surface area contributed by atoms with E-state index in [1.165, 1.54) is 0 Å². The first-order valence-corrected chi connectivity index (χ1v) is 10.2. The molecule has 0 amide bonds. The van der Waals surface area contributed by atoms with Crippen LogP contribution < -0.4 is 5.48 Å². The molecule has 1 aliphatic heterocycles. The molecule has 2 unspecified atom stereocenters. The summed E-state index contributed by atoms with van der Waals surface area (Å²) in [5.41, 5.74) is 4.95. The normalized spacial score (nSPS) is 20.8. The molecule has 1 aromatic rings. The lowest BCUT2D eigenvalue weighted by Crippen LogP contribution is -2.43. The Bertz CT molecular complexity index is 672. The number of alkyl halides is 3. The number of aromatic nitrogens is 1. The summed E-state index contributed by atoms with van der Waals surface area (Å²) in [6.45, 7) is 0.878. The van der Waals surface area contributed by atoms with Gasteiger partial charge in [0.25, 0.3) is 0 Å². The number of hydroxylamine groups is 1. The van der Waals surface area contributed by atoms with Crippen molar-refractivity contribution in [1.29, 1.82) is 0 Å². The first-order chi connectivity index (χ1) is 13.4. The predicted molar refractivity (Wildman–Crippen MR) is 101 cm³/mol. The fourth-order valence-corrected chi connectivity index (χ4v) is 4.42. The molecule has 2 aliphatic rings. The van der Waals surface area contributed by atoms with Gasteiger partial charge in [0.1, 0.15) is 12.3 Å². The molecule has 0 spiro atoms. The van der Waals surface area contributed by atoms with Gasteiger partial charge >= 0.3 is 6.18 Å². The Morgan fingerprint density at radius 2 is 1.89 bits per heavy atom. The van der Waals surface area contributed by atoms with Gasteiger partial charge < -0.3 is 15.3 Å². The highest BCUT2D eigenvalue weighted by molar-refractivity contribution is 5.58. The van der Waals surface area contributed by atoms with Crippen LogP contribution >= 0.6 is 0 Å². The topological polar surface area (TPSA) is 71.5 Å². The Morgan fingerprint density at radius 1 is 1.14 bits per heavy atom. The van der Waals surface area contributed by atoms with Crippen molar-refractivity contribution in [1.82, 2.24) is 15.4 Å². The summed E-state index contributed by atoms with van der Waals surface area (Å²) in [7, 11) is 0. The average molecular weight is 401 g/mol. The molecule has 1 aromatic heterocycles. The fourth-order valence-electron chi connectivity index (χ4n) is 4.42. The Kier molecular flexibility index (Phi) is 7.20. The maximum Gasteiger partial charge on any atom is 0.409 e. The Balaban J connectivity index is 1.55. The lowest BCUT2D eigenvalue weighted by Gasteiger charge is -2.37. The van der Waals surface area contributed by atoms with Crippen molar-refractivity contribution in [2.24, 2.45) is 0 Å². The van der Waals surface area contributed by atoms with Crippen molar-refractivity contribution in [3.05, 3.63) is 28.6 Å². The third kappa shape index (κ3) is 4.97. The molecule has 0 saturated heterocycles. The fraction of sp³-hybridized carbons (Fsp3) is 0.700. The quantitative estimate of drug-likeness (QED) is 0.286. The number of H-pyrrole nitrogens is 1. The van der Waals surface area contributed by atoms with E-state index in [4.69, 9.17) is 5.21 Å². The smallest absolute Gasteiger partial charge is 0.377 e. The molecule has 3 rings (SSSR count). The molecule has 8 heteroatoms. The summed E-state index contributed by atoms with van der Waals surface area (Å²) in [6.07, 6.45) is 5.75. The molecular weight excluding hydrogens is 371 g/mol. The zero-order valence-corrected chi connectivity index (χ0v) is 16.1. The van der Waals surface area contributed by atoms with Gasteiger partial charge in [0.05, 0.1) is 0 Å². The number of hydrogen-bond donors (Lipinski definition) is 4. The Labute approximate surface area is 163 Å². The molecule has 2 atom stereocenters. The number of halogens is 3. The van der Waals surface area contributed by atoms with Crippen molar-refractivity contribution in [3.63, 3.8) is 0 Å². The highest BCUT2D eigenvalue weighted by Crippen LogP contribution is 2.44. The molecule has 0 fully saturated rings. The van der Waals surface area contributed by atoms with Gasteiger partial charge in [0.2, 0.25) is 0 Å². The van der Waals surface area contributed by atoms with Gasteiger partial charge in [-0.15, -0.1) is 0 Å². The second-order valence-electron chi connectivity index (χ2n) is 7.78. The molecule has 5 nitrogen and oxygen atoms in total. The van der Waals surface area contributed by atoms with Crippen LogP contribution in [0.15, 0.2) is 6.08 Å². The minimum Gasteiger partial charge on any atom is -0.377 e. The van der Waals surface area contributed by atoms with Crippen LogP contribution in [-0.2, 0) is 12.8 Å². The lowest BCUT2D eigenvalue weighted by molar-refractivity contribution is -0.190. The number of aliphatic hydroxyl groups excluding tert-OH is 1. The highest BCUT2D eigenvalue weighted by atomic mass is 19.4. The zero-order chi connectivity index (χ0) is 20.1. The van der Waals surface area contributed by atoms with Crippen LogP contribution in [0, 0.1) is 0 Å². The summed E-state index contributed by atoms with van der Waals surface area (Å²) >= 11 is 0. The van der Waals surface area contributed by atoms with Gasteiger partial charge in [-0.1, -0.05) is 25.3 Å². The van der Waals surface area contributed by atoms with E-state index in [2.05, 4.69) is 4.98 Å². The number of nitrogens with zero attached hydrogens (tertiary/aromatic N) is 1. The zero-order valence-electron chi connectivity index (χ0n) is 16.1. The third-order valence-electron chi connectivity index (χ3n) is 5.80. The molecule has 0 saturated carbocycles. The van der Waals surface area contributed by atoms with Crippen LogP contribution in [0.3, 0.4) is 0 Å². The van der Waals surface area contributed by atoms with Gasteiger partial charge in [0, 0.05) is 17.9 Å². The van der Waals surface area contributed by atoms with Gasteiger partial charge in [-0.2, -0.15) is 18.7 Å². The Morgan fingerprint density at radius 3 is 2.64 bits per heavy atom. The van der Waals surface area contributed by atoms with Gasteiger partial charge in [0.15, 0.2) is 0 Å². The van der Waals surface area contributed by atoms with E-state index in [-0.39, 0.29) is 0 Å². The van der Waals surface area contributed by atoms with Crippen LogP contribution in [0.4, 0.5) is 13.2 Å². The molecule has 0 bridgehead atoms. The minimum absolute atomic E-state index is 0.348. The number of fused-ring (bicyclic) bond motifs is 3. The average Bonchev–Trinajstić information content (AvgIpc) is 3.04. The van der Waals surface area contributed by atoms with E-state index < -0.39 is 18.4 Å². The first-order valence-electron chi connectivity index (χ1n) is 10.2. The molecule has 1 aliphatic carbocycles. The van der Waals surface area contributed by atoms with E-state index in [0.29, 0.717) is 31.6 Å². The van der Waals surface area contributed by atoms with Crippen LogP contribution in [-0.4, -0.2) is 45.7 Å². The number of rotatable bonds is 9. The largest absolute Gasteiger partial charge is 0.409 e. The van der Waals surface area contributed by atoms with Crippen LogP contribution in [0.2, 0.25) is 0 Å². The van der Waals surface area contributed by atoms with Gasteiger partial charge in [-0.3, -0.25) is 4.90 Å². The molecule has 28 heavy (non-hydrogen) atoms. The van der Waals surface area contributed by atoms with Crippen molar-refractivity contribution in [2.75, 3.05) is 13.1 Å². The number of aromatic amines is 1. The SMILES string of the molecule is ONC(O)CCCCCCCN1CCc2c([nH]c3c2CCC=C3)C1C(F)(F)F. The van der Waals surface area contributed by atoms with Gasteiger partial charge in [-0.05, 0) is 62.3 Å². The van der Waals surface area contributed by atoms with E-state index in [1.807, 2.05) is 12.2 Å². The number of hydrogen-bond acceptors (Lipinski definition) is 4. The predicted octanol–water partition coefficient (Wildman–Crippen LogP) is 4.07. The van der Waals surface area contributed by atoms with Gasteiger partial charge in [-0.25, -0.2) is 0 Å². The maximum atomic E-state index is 13.9. The van der Waals surface area contributed by atoms with Crippen LogP contribution in [0.25, 0.3) is 6.08 Å². The summed E-state index contributed by atoms with van der Waals surface area (Å²) in [5, 5.41) is 17.7. The highest BCUT2D eigenvalue weighted by Gasteiger charge is 2.48. The first kappa shape index (κ1) is 21.4. The van der Waals surface area contributed by atoms with Crippen molar-refractivity contribution in [2.45, 2.75) is 76.2 Å². The molecule has 2 heterocycles. The summed E-state index contributed by atoms with van der Waals surface area (Å²) in [6, 6.07) is -1.54. The number of unbranched alkanes of at least 4 members (excludes halogenated alkanes) is 4. The summed E-state index contributed by atoms with van der Waals surface area (Å²) < 4.78 is 41.7. The molecular formula is C20H30F3N3O2. The van der Waals surface area contributed by atoms with E-state index >= 15 is 0 Å². The minimum atomic E-state index is -4.29. The Hall–Kier alpha value is -1.35. The monoisotopic (exact) mass is 401 g/mol. The van der Waals surface area contributed by atoms with E-state index in [0.717, 1.165) is 61.8 Å². The van der Waals surface area contributed by atoms with Crippen LogP contribution in [0.5, 0.6) is 0 Å². The maximum absolute atomic E-state index is 13.9. The number of nitrogens with one attached hydrogen (secondary N) is 2. The summed E-state index contributed by atoms with van der Waals surface area (Å²) in [5.74, 6) is 0. The lowest BCUT2D eigenvalue weighted by atomic mass is 9.92. The molecule has 0 radical (unpaired) electrons. The van der Waals surface area contributed by atoms with E-state index in [9.17, 15) is 18.3 Å². The van der Waals surface area contributed by atoms with Crippen molar-refractivity contribution < 1.29 is 23.5 Å². The number of aliphatic hydroxyl groups is 1. The van der Waals surface area contributed by atoms with Crippen molar-refractivity contribution in [3.8, 4) is 0 Å². The molecule has 0 aromatic carbocycles. The van der Waals surface area contributed by atoms with Crippen LogP contribution in [0.1, 0.15) is 73.5 Å². The second-order valence-corrected chi connectivity index (χ2v) is 7.78. The summed E-state index contributed by atoms with van der Waals surface area (Å²) in [4.78, 5) is 4.65. The standard InChI is InChI=1S/C20H30F3N3O2/c21-20(22,23)19-18-15(14-8-5-6-9-16(14)24-18)11-13-26(19)12-7-3-1-2-4-10-17(27)25-28/h6,9,17,19,24-25,27-28H,1-5,7-8,10-13H2. The second kappa shape index (κ2) is 9.43. The third-order valence-corrected chi connectivity index (χ3v) is 5.80. The van der Waals surface area contributed by atoms with Crippen molar-refractivity contribution >= 4 is 6.08 Å². The van der Waals surface area contributed by atoms with E-state index in [1.54, 1.807) is 10.4 Å². The molecule has 158 valence electrons. The number of allylic oxidation sites excluding steroid dienone is 1.